The molecule has 102 valence electrons. The molecule has 2 nitrogen and oxygen atoms in total. The lowest BCUT2D eigenvalue weighted by Crippen LogP contribution is -2.41. The normalized spacial score (nSPS) is 13.8. The van der Waals surface area contributed by atoms with Gasteiger partial charge in [0.15, 0.2) is 0 Å². The zero-order chi connectivity index (χ0) is 14.0. The van der Waals surface area contributed by atoms with Crippen molar-refractivity contribution < 1.29 is 4.79 Å². The third-order valence-corrected chi connectivity index (χ3v) is 3.90. The van der Waals surface area contributed by atoms with Crippen LogP contribution in [0.5, 0.6) is 0 Å². The van der Waals surface area contributed by atoms with Crippen LogP contribution in [0.3, 0.4) is 0 Å². The molecule has 0 unspecified atom stereocenters. The van der Waals surface area contributed by atoms with E-state index in [0.717, 1.165) is 6.42 Å². The first-order valence-corrected chi connectivity index (χ1v) is 6.71. The minimum absolute atomic E-state index is 0.126. The van der Waals surface area contributed by atoms with Crippen molar-refractivity contribution in [2.75, 3.05) is 0 Å². The van der Waals surface area contributed by atoms with Gasteiger partial charge in [0.25, 0.3) is 0 Å². The predicted octanol–water partition coefficient (Wildman–Crippen LogP) is 3.84. The molecule has 17 heavy (non-hydrogen) atoms. The molecule has 0 aromatic heterocycles. The summed E-state index contributed by atoms with van der Waals surface area (Å²) in [5.41, 5.74) is 5.19. The van der Waals surface area contributed by atoms with E-state index >= 15 is 0 Å². The molecule has 0 aliphatic carbocycles. The highest BCUT2D eigenvalue weighted by Crippen LogP contribution is 2.45. The van der Waals surface area contributed by atoms with Gasteiger partial charge in [-0.25, -0.2) is 0 Å². The molecule has 0 radical (unpaired) electrons. The van der Waals surface area contributed by atoms with Gasteiger partial charge in [0.05, 0.1) is 0 Å². The molecule has 0 fully saturated rings. The smallest absolute Gasteiger partial charge is 0.223 e. The number of carbonyl (C=O) groups is 1. The summed E-state index contributed by atoms with van der Waals surface area (Å²) in [6.07, 6.45) is 0.844. The van der Waals surface area contributed by atoms with Crippen LogP contribution in [0.1, 0.15) is 61.8 Å². The van der Waals surface area contributed by atoms with Gasteiger partial charge in [0.1, 0.15) is 0 Å². The Balaban J connectivity index is 5.05. The fourth-order valence-electron chi connectivity index (χ4n) is 3.92. The number of hydrogen-bond acceptors (Lipinski definition) is 1. The molecule has 0 aromatic rings. The first-order chi connectivity index (χ1) is 7.42. The minimum atomic E-state index is -0.425. The van der Waals surface area contributed by atoms with Crippen molar-refractivity contribution in [2.24, 2.45) is 34.3 Å². The van der Waals surface area contributed by atoms with E-state index in [1.807, 2.05) is 13.8 Å². The summed E-state index contributed by atoms with van der Waals surface area (Å²) in [5, 5.41) is 0. The number of carbonyl (C=O) groups excluding carboxylic acids is 1. The molecule has 0 bridgehead atoms. The van der Waals surface area contributed by atoms with Crippen LogP contribution in [0.15, 0.2) is 0 Å². The van der Waals surface area contributed by atoms with Gasteiger partial charge in [0, 0.05) is 5.41 Å². The molecular formula is C15H31NO. The van der Waals surface area contributed by atoms with E-state index < -0.39 is 5.41 Å². The standard InChI is InChI=1S/C15H31NO/c1-10(2)12(11(3)4)14(5,6)9-15(7,8)13(16)17/h10-12H,9H2,1-8H3,(H2,16,17). The second kappa shape index (κ2) is 5.41. The molecule has 0 rings (SSSR count). The number of nitrogens with two attached hydrogens (primary N) is 1. The van der Waals surface area contributed by atoms with Crippen molar-refractivity contribution in [3.05, 3.63) is 0 Å². The van der Waals surface area contributed by atoms with Crippen LogP contribution in [0.4, 0.5) is 0 Å². The SMILES string of the molecule is CC(C)C(C(C)C)C(C)(C)CC(C)(C)C(N)=O. The fraction of sp³-hybridized carbons (Fsp3) is 0.933. The molecule has 0 saturated carbocycles. The van der Waals surface area contributed by atoms with Crippen LogP contribution in [0.2, 0.25) is 0 Å². The maximum absolute atomic E-state index is 11.5. The van der Waals surface area contributed by atoms with Gasteiger partial charge in [-0.15, -0.1) is 0 Å². The van der Waals surface area contributed by atoms with Crippen LogP contribution in [-0.4, -0.2) is 5.91 Å². The van der Waals surface area contributed by atoms with Crippen molar-refractivity contribution in [3.63, 3.8) is 0 Å². The lowest BCUT2D eigenvalue weighted by atomic mass is 9.61. The minimum Gasteiger partial charge on any atom is -0.369 e. The molecular weight excluding hydrogens is 210 g/mol. The first-order valence-electron chi connectivity index (χ1n) is 6.71. The van der Waals surface area contributed by atoms with Crippen LogP contribution in [-0.2, 0) is 4.79 Å². The number of hydrogen-bond donors (Lipinski definition) is 1. The van der Waals surface area contributed by atoms with Crippen LogP contribution in [0, 0.1) is 28.6 Å². The van der Waals surface area contributed by atoms with Gasteiger partial charge in [-0.1, -0.05) is 55.4 Å². The molecule has 0 aromatic carbocycles. The fourth-order valence-corrected chi connectivity index (χ4v) is 3.92. The van der Waals surface area contributed by atoms with Crippen molar-refractivity contribution in [1.29, 1.82) is 0 Å². The van der Waals surface area contributed by atoms with Gasteiger partial charge in [-0.05, 0) is 29.6 Å². The Hall–Kier alpha value is -0.530. The maximum atomic E-state index is 11.5. The van der Waals surface area contributed by atoms with Gasteiger partial charge in [-0.2, -0.15) is 0 Å². The molecule has 0 saturated heterocycles. The zero-order valence-corrected chi connectivity index (χ0v) is 12.9. The monoisotopic (exact) mass is 241 g/mol. The van der Waals surface area contributed by atoms with Crippen molar-refractivity contribution in [2.45, 2.75) is 61.8 Å². The number of primary amides is 1. The highest BCUT2D eigenvalue weighted by molar-refractivity contribution is 5.79. The molecule has 0 spiro atoms. The van der Waals surface area contributed by atoms with Gasteiger partial charge in [-0.3, -0.25) is 4.79 Å². The zero-order valence-electron chi connectivity index (χ0n) is 12.9. The number of amides is 1. The molecule has 0 atom stereocenters. The van der Waals surface area contributed by atoms with E-state index in [2.05, 4.69) is 41.5 Å². The van der Waals surface area contributed by atoms with E-state index in [-0.39, 0.29) is 11.3 Å². The first kappa shape index (κ1) is 16.5. The summed E-state index contributed by atoms with van der Waals surface area (Å²) in [5.74, 6) is 1.64. The summed E-state index contributed by atoms with van der Waals surface area (Å²) in [6, 6.07) is 0. The number of rotatable bonds is 6. The van der Waals surface area contributed by atoms with Gasteiger partial charge < -0.3 is 5.73 Å². The van der Waals surface area contributed by atoms with Crippen molar-refractivity contribution >= 4 is 5.91 Å². The predicted molar refractivity (Wildman–Crippen MR) is 74.5 cm³/mol. The second-order valence-electron chi connectivity index (χ2n) is 7.43. The molecule has 0 aliphatic heterocycles. The summed E-state index contributed by atoms with van der Waals surface area (Å²) in [4.78, 5) is 11.5. The largest absolute Gasteiger partial charge is 0.369 e. The summed E-state index contributed by atoms with van der Waals surface area (Å²) in [6.45, 7) is 17.5. The highest BCUT2D eigenvalue weighted by Gasteiger charge is 2.40. The van der Waals surface area contributed by atoms with E-state index in [1.165, 1.54) is 0 Å². The average molecular weight is 241 g/mol. The third-order valence-electron chi connectivity index (χ3n) is 3.90. The van der Waals surface area contributed by atoms with Gasteiger partial charge in [0.2, 0.25) is 5.91 Å². The maximum Gasteiger partial charge on any atom is 0.223 e. The Morgan fingerprint density at radius 3 is 1.59 bits per heavy atom. The van der Waals surface area contributed by atoms with E-state index in [1.54, 1.807) is 0 Å². The van der Waals surface area contributed by atoms with Crippen molar-refractivity contribution in [3.8, 4) is 0 Å². The molecule has 2 N–H and O–H groups in total. The van der Waals surface area contributed by atoms with E-state index in [4.69, 9.17) is 5.73 Å². The van der Waals surface area contributed by atoms with Crippen LogP contribution >= 0.6 is 0 Å². The van der Waals surface area contributed by atoms with E-state index in [0.29, 0.717) is 17.8 Å². The third kappa shape index (κ3) is 4.33. The average Bonchev–Trinajstić information content (AvgIpc) is 1.97. The van der Waals surface area contributed by atoms with Gasteiger partial charge >= 0.3 is 0 Å². The quantitative estimate of drug-likeness (QED) is 0.754. The summed E-state index contributed by atoms with van der Waals surface area (Å²) in [7, 11) is 0. The Labute approximate surface area is 107 Å². The Morgan fingerprint density at radius 2 is 1.35 bits per heavy atom. The molecule has 1 amide bonds. The van der Waals surface area contributed by atoms with Crippen LogP contribution in [0.25, 0.3) is 0 Å². The Kier molecular flexibility index (Phi) is 5.24. The summed E-state index contributed by atoms with van der Waals surface area (Å²) >= 11 is 0. The lowest BCUT2D eigenvalue weighted by Gasteiger charge is -2.43. The Morgan fingerprint density at radius 1 is 1.00 bits per heavy atom. The van der Waals surface area contributed by atoms with Crippen molar-refractivity contribution in [1.82, 2.24) is 0 Å². The lowest BCUT2D eigenvalue weighted by molar-refractivity contribution is -0.128. The molecule has 0 heterocycles. The second-order valence-corrected chi connectivity index (χ2v) is 7.43. The molecule has 2 heteroatoms. The Bertz CT molecular complexity index is 256. The topological polar surface area (TPSA) is 43.1 Å². The van der Waals surface area contributed by atoms with E-state index in [9.17, 15) is 4.79 Å². The van der Waals surface area contributed by atoms with Crippen LogP contribution < -0.4 is 5.73 Å². The summed E-state index contributed by atoms with van der Waals surface area (Å²) < 4.78 is 0. The molecule has 0 aliphatic rings. The highest BCUT2D eigenvalue weighted by atomic mass is 16.1.